The van der Waals surface area contributed by atoms with Crippen LogP contribution in [0.5, 0.6) is 5.75 Å². The van der Waals surface area contributed by atoms with Crippen LogP contribution in [-0.4, -0.2) is 6.29 Å². The Morgan fingerprint density at radius 1 is 1.29 bits per heavy atom. The van der Waals surface area contributed by atoms with Gasteiger partial charge in [-0.25, -0.2) is 0 Å². The number of ether oxygens (including phenoxy) is 2. The van der Waals surface area contributed by atoms with Gasteiger partial charge in [0.2, 0.25) is 0 Å². The van der Waals surface area contributed by atoms with Gasteiger partial charge in [0.25, 0.3) is 6.29 Å². The highest BCUT2D eigenvalue weighted by atomic mass is 16.7. The second-order valence-electron chi connectivity index (χ2n) is 3.13. The van der Waals surface area contributed by atoms with Crippen LogP contribution in [0.15, 0.2) is 54.8 Å². The number of allylic oxidation sites excluding steroid dienone is 1. The zero-order valence-corrected chi connectivity index (χ0v) is 7.85. The fraction of sp³-hybridized carbons (Fsp3) is 0.167. The van der Waals surface area contributed by atoms with Crippen LogP contribution in [0, 0.1) is 0 Å². The summed E-state index contributed by atoms with van der Waals surface area (Å²) in [4.78, 5) is 0. The highest BCUT2D eigenvalue weighted by Gasteiger charge is 2.16. The van der Waals surface area contributed by atoms with Crippen molar-refractivity contribution < 1.29 is 9.47 Å². The molecule has 0 saturated heterocycles. The lowest BCUT2D eigenvalue weighted by atomic mass is 10.2. The summed E-state index contributed by atoms with van der Waals surface area (Å²) in [6.07, 6.45) is 4.05. The molecule has 2 rings (SSSR count). The quantitative estimate of drug-likeness (QED) is 0.664. The molecule has 0 amide bonds. The number of rotatable bonds is 2. The van der Waals surface area contributed by atoms with E-state index in [0.717, 1.165) is 17.7 Å². The van der Waals surface area contributed by atoms with E-state index in [0.29, 0.717) is 0 Å². The molecule has 2 nitrogen and oxygen atoms in total. The van der Waals surface area contributed by atoms with Crippen molar-refractivity contribution in [2.75, 3.05) is 0 Å². The minimum atomic E-state index is -0.345. The Hall–Kier alpha value is -1.70. The first-order valence-corrected chi connectivity index (χ1v) is 4.56. The van der Waals surface area contributed by atoms with Gasteiger partial charge in [0.15, 0.2) is 0 Å². The Bertz CT molecular complexity index is 341. The minimum Gasteiger partial charge on any atom is -0.459 e. The number of benzene rings is 1. The maximum Gasteiger partial charge on any atom is 0.262 e. The highest BCUT2D eigenvalue weighted by molar-refractivity contribution is 5.22. The van der Waals surface area contributed by atoms with Crippen LogP contribution in [0.25, 0.3) is 0 Å². The summed E-state index contributed by atoms with van der Waals surface area (Å²) < 4.78 is 10.9. The Kier molecular flexibility index (Phi) is 2.54. The molecule has 1 aromatic carbocycles. The Balaban J connectivity index is 2.04. The van der Waals surface area contributed by atoms with Crippen LogP contribution in [0.1, 0.15) is 6.42 Å². The summed E-state index contributed by atoms with van der Waals surface area (Å²) >= 11 is 0. The smallest absolute Gasteiger partial charge is 0.262 e. The summed E-state index contributed by atoms with van der Waals surface area (Å²) in [5.74, 6) is 0.800. The minimum absolute atomic E-state index is 0.345. The summed E-state index contributed by atoms with van der Waals surface area (Å²) in [6.45, 7) is 3.89. The average molecular weight is 188 g/mol. The molecule has 0 N–H and O–H groups in total. The fourth-order valence-corrected chi connectivity index (χ4v) is 1.25. The van der Waals surface area contributed by atoms with Crippen molar-refractivity contribution in [2.45, 2.75) is 12.7 Å². The summed E-state index contributed by atoms with van der Waals surface area (Å²) in [7, 11) is 0. The third-order valence-electron chi connectivity index (χ3n) is 2.00. The maximum absolute atomic E-state index is 5.59. The van der Waals surface area contributed by atoms with Crippen LogP contribution < -0.4 is 4.74 Å². The van der Waals surface area contributed by atoms with Crippen molar-refractivity contribution in [2.24, 2.45) is 0 Å². The predicted molar refractivity (Wildman–Crippen MR) is 54.8 cm³/mol. The first-order valence-electron chi connectivity index (χ1n) is 4.56. The number of hydrogen-bond acceptors (Lipinski definition) is 2. The van der Waals surface area contributed by atoms with Crippen LogP contribution >= 0.6 is 0 Å². The third kappa shape index (κ3) is 1.96. The van der Waals surface area contributed by atoms with E-state index in [1.807, 2.05) is 36.4 Å². The normalized spacial score (nSPS) is 20.3. The van der Waals surface area contributed by atoms with E-state index in [2.05, 4.69) is 6.58 Å². The van der Waals surface area contributed by atoms with Gasteiger partial charge in [-0.3, -0.25) is 0 Å². The largest absolute Gasteiger partial charge is 0.459 e. The Morgan fingerprint density at radius 3 is 2.79 bits per heavy atom. The third-order valence-corrected chi connectivity index (χ3v) is 2.00. The van der Waals surface area contributed by atoms with Crippen molar-refractivity contribution in [1.82, 2.24) is 0 Å². The lowest BCUT2D eigenvalue weighted by Crippen LogP contribution is -2.22. The number of hydrogen-bond donors (Lipinski definition) is 0. The molecule has 0 radical (unpaired) electrons. The van der Waals surface area contributed by atoms with E-state index in [-0.39, 0.29) is 6.29 Å². The van der Waals surface area contributed by atoms with Gasteiger partial charge in [0.1, 0.15) is 5.75 Å². The monoisotopic (exact) mass is 188 g/mol. The molecule has 0 saturated carbocycles. The van der Waals surface area contributed by atoms with Crippen molar-refractivity contribution in [3.8, 4) is 5.75 Å². The molecule has 1 atom stereocenters. The molecule has 0 aliphatic carbocycles. The van der Waals surface area contributed by atoms with E-state index in [1.54, 1.807) is 6.26 Å². The van der Waals surface area contributed by atoms with Crippen LogP contribution in [0.4, 0.5) is 0 Å². The van der Waals surface area contributed by atoms with Crippen molar-refractivity contribution >= 4 is 0 Å². The first kappa shape index (κ1) is 8.88. The van der Waals surface area contributed by atoms with Gasteiger partial charge < -0.3 is 9.47 Å². The van der Waals surface area contributed by atoms with Crippen LogP contribution in [0.2, 0.25) is 0 Å². The van der Waals surface area contributed by atoms with Gasteiger partial charge >= 0.3 is 0 Å². The summed E-state index contributed by atoms with van der Waals surface area (Å²) in [5.41, 5.74) is 0.941. The Morgan fingerprint density at radius 2 is 2.07 bits per heavy atom. The highest BCUT2D eigenvalue weighted by Crippen LogP contribution is 2.20. The zero-order valence-electron chi connectivity index (χ0n) is 7.85. The van der Waals surface area contributed by atoms with Crippen LogP contribution in [0.3, 0.4) is 0 Å². The molecule has 0 bridgehead atoms. The van der Waals surface area contributed by atoms with Crippen molar-refractivity contribution in [3.05, 3.63) is 54.8 Å². The van der Waals surface area contributed by atoms with Crippen LogP contribution in [-0.2, 0) is 4.74 Å². The molecule has 1 aromatic rings. The van der Waals surface area contributed by atoms with Gasteiger partial charge in [-0.1, -0.05) is 24.8 Å². The van der Waals surface area contributed by atoms with Crippen molar-refractivity contribution in [1.29, 1.82) is 0 Å². The molecule has 0 spiro atoms. The van der Waals surface area contributed by atoms with E-state index < -0.39 is 0 Å². The van der Waals surface area contributed by atoms with Gasteiger partial charge in [-0.2, -0.15) is 0 Å². The number of para-hydroxylation sites is 1. The molecular formula is C12H12O2. The molecule has 0 aromatic heterocycles. The van der Waals surface area contributed by atoms with E-state index in [4.69, 9.17) is 9.47 Å². The molecule has 1 aliphatic rings. The molecule has 1 heterocycles. The van der Waals surface area contributed by atoms with E-state index in [9.17, 15) is 0 Å². The summed E-state index contributed by atoms with van der Waals surface area (Å²) in [5, 5.41) is 0. The zero-order chi connectivity index (χ0) is 9.80. The fourth-order valence-electron chi connectivity index (χ4n) is 1.25. The van der Waals surface area contributed by atoms with Gasteiger partial charge in [0, 0.05) is 5.57 Å². The Labute approximate surface area is 83.5 Å². The topological polar surface area (TPSA) is 18.5 Å². The lowest BCUT2D eigenvalue weighted by molar-refractivity contribution is -0.00599. The molecular weight excluding hydrogens is 176 g/mol. The standard InChI is InChI=1S/C12H12O2/c1-10-6-5-9-13-12(10)14-11-7-3-2-4-8-11/h2-5,7-9,12H,1,6H2. The summed E-state index contributed by atoms with van der Waals surface area (Å²) in [6, 6.07) is 9.60. The lowest BCUT2D eigenvalue weighted by Gasteiger charge is -2.22. The van der Waals surface area contributed by atoms with Gasteiger partial charge in [0.05, 0.1) is 6.26 Å². The van der Waals surface area contributed by atoms with E-state index >= 15 is 0 Å². The second kappa shape index (κ2) is 4.01. The average Bonchev–Trinajstić information content (AvgIpc) is 2.23. The van der Waals surface area contributed by atoms with Gasteiger partial charge in [-0.05, 0) is 24.6 Å². The van der Waals surface area contributed by atoms with Crippen molar-refractivity contribution in [3.63, 3.8) is 0 Å². The first-order chi connectivity index (χ1) is 6.86. The molecule has 72 valence electrons. The SMILES string of the molecule is C=C1CC=COC1Oc1ccccc1. The van der Waals surface area contributed by atoms with E-state index in [1.165, 1.54) is 0 Å². The molecule has 2 heteroatoms. The van der Waals surface area contributed by atoms with Gasteiger partial charge in [-0.15, -0.1) is 0 Å². The molecule has 1 aliphatic heterocycles. The maximum atomic E-state index is 5.59. The molecule has 0 fully saturated rings. The molecule has 1 unspecified atom stereocenters. The second-order valence-corrected chi connectivity index (χ2v) is 3.13. The predicted octanol–water partition coefficient (Wildman–Crippen LogP) is 2.88. The molecule has 14 heavy (non-hydrogen) atoms.